The van der Waals surface area contributed by atoms with Crippen molar-refractivity contribution >= 4 is 26.7 Å². The summed E-state index contributed by atoms with van der Waals surface area (Å²) in [6.45, 7) is 2.80. The maximum atomic E-state index is 4.61. The number of thiazole rings is 1. The van der Waals surface area contributed by atoms with Gasteiger partial charge in [0.05, 0.1) is 22.5 Å². The number of nitrogens with one attached hydrogen (secondary N) is 1. The molecule has 3 nitrogen and oxygen atoms in total. The molecule has 0 unspecified atom stereocenters. The lowest BCUT2D eigenvalue weighted by Crippen LogP contribution is -2.00. The maximum absolute atomic E-state index is 4.61. The van der Waals surface area contributed by atoms with Crippen molar-refractivity contribution in [3.05, 3.63) is 53.9 Å². The standard InChI is InChI=1S/C14H13N3S/c1-10-5-4-7-12-13(10)17-14(18-12)16-9-11-6-2-3-8-15-11/h2-8H,9H2,1H3,(H,16,17). The predicted octanol–water partition coefficient (Wildman–Crippen LogP) is 3.61. The Morgan fingerprint density at radius 1 is 1.17 bits per heavy atom. The molecular weight excluding hydrogens is 242 g/mol. The minimum atomic E-state index is 0.708. The lowest BCUT2D eigenvalue weighted by molar-refractivity contribution is 1.04. The van der Waals surface area contributed by atoms with E-state index in [4.69, 9.17) is 0 Å². The van der Waals surface area contributed by atoms with Crippen molar-refractivity contribution in [1.82, 2.24) is 9.97 Å². The summed E-state index contributed by atoms with van der Waals surface area (Å²) in [5.74, 6) is 0. The average Bonchev–Trinajstić information content (AvgIpc) is 2.82. The molecule has 0 bridgehead atoms. The normalized spacial score (nSPS) is 10.7. The molecule has 18 heavy (non-hydrogen) atoms. The second kappa shape index (κ2) is 4.74. The number of hydrogen-bond donors (Lipinski definition) is 1. The highest BCUT2D eigenvalue weighted by atomic mass is 32.1. The zero-order chi connectivity index (χ0) is 12.4. The van der Waals surface area contributed by atoms with Crippen LogP contribution in [0.5, 0.6) is 0 Å². The van der Waals surface area contributed by atoms with E-state index in [0.717, 1.165) is 16.3 Å². The summed E-state index contributed by atoms with van der Waals surface area (Å²) >= 11 is 1.68. The summed E-state index contributed by atoms with van der Waals surface area (Å²) in [4.78, 5) is 8.89. The van der Waals surface area contributed by atoms with Crippen molar-refractivity contribution in [3.8, 4) is 0 Å². The molecule has 0 spiro atoms. The van der Waals surface area contributed by atoms with E-state index in [1.165, 1.54) is 10.3 Å². The third kappa shape index (κ3) is 2.19. The Kier molecular flexibility index (Phi) is 2.94. The molecule has 2 heterocycles. The van der Waals surface area contributed by atoms with Crippen LogP contribution in [0.15, 0.2) is 42.6 Å². The summed E-state index contributed by atoms with van der Waals surface area (Å²) in [6, 6.07) is 12.2. The minimum absolute atomic E-state index is 0.708. The molecule has 0 saturated heterocycles. The molecule has 0 amide bonds. The Morgan fingerprint density at radius 2 is 2.11 bits per heavy atom. The smallest absolute Gasteiger partial charge is 0.184 e. The first-order chi connectivity index (χ1) is 8.83. The Labute approximate surface area is 110 Å². The van der Waals surface area contributed by atoms with Crippen LogP contribution >= 0.6 is 11.3 Å². The highest BCUT2D eigenvalue weighted by Gasteiger charge is 2.05. The number of rotatable bonds is 3. The van der Waals surface area contributed by atoms with Crippen molar-refractivity contribution in [2.75, 3.05) is 5.32 Å². The average molecular weight is 255 g/mol. The van der Waals surface area contributed by atoms with E-state index in [-0.39, 0.29) is 0 Å². The Morgan fingerprint density at radius 3 is 2.89 bits per heavy atom. The van der Waals surface area contributed by atoms with Gasteiger partial charge in [0.2, 0.25) is 0 Å². The molecule has 90 valence electrons. The van der Waals surface area contributed by atoms with Gasteiger partial charge in [0.15, 0.2) is 5.13 Å². The van der Waals surface area contributed by atoms with Gasteiger partial charge < -0.3 is 5.32 Å². The fourth-order valence-corrected chi connectivity index (χ4v) is 2.77. The number of hydrogen-bond acceptors (Lipinski definition) is 4. The topological polar surface area (TPSA) is 37.8 Å². The molecule has 0 saturated carbocycles. The zero-order valence-corrected chi connectivity index (χ0v) is 10.9. The second-order valence-electron chi connectivity index (χ2n) is 4.12. The van der Waals surface area contributed by atoms with Crippen molar-refractivity contribution in [1.29, 1.82) is 0 Å². The first kappa shape index (κ1) is 11.2. The molecule has 3 aromatic rings. The lowest BCUT2D eigenvalue weighted by atomic mass is 10.2. The Bertz CT molecular complexity index is 661. The minimum Gasteiger partial charge on any atom is -0.356 e. The monoisotopic (exact) mass is 255 g/mol. The third-order valence-corrected chi connectivity index (χ3v) is 3.75. The molecule has 0 aliphatic rings. The van der Waals surface area contributed by atoms with E-state index in [2.05, 4.69) is 40.4 Å². The van der Waals surface area contributed by atoms with Crippen LogP contribution < -0.4 is 5.32 Å². The first-order valence-electron chi connectivity index (χ1n) is 5.83. The number of aromatic nitrogens is 2. The van der Waals surface area contributed by atoms with Crippen LogP contribution in [0.25, 0.3) is 10.2 Å². The molecule has 0 aliphatic heterocycles. The van der Waals surface area contributed by atoms with E-state index in [9.17, 15) is 0 Å². The summed E-state index contributed by atoms with van der Waals surface area (Å²) < 4.78 is 1.22. The van der Waals surface area contributed by atoms with Gasteiger partial charge in [0.25, 0.3) is 0 Å². The van der Waals surface area contributed by atoms with Crippen LogP contribution in [0.2, 0.25) is 0 Å². The van der Waals surface area contributed by atoms with Gasteiger partial charge in [-0.2, -0.15) is 0 Å². The summed E-state index contributed by atoms with van der Waals surface area (Å²) in [7, 11) is 0. The number of anilines is 1. The largest absolute Gasteiger partial charge is 0.356 e. The van der Waals surface area contributed by atoms with Crippen LogP contribution in [0, 0.1) is 6.92 Å². The molecule has 1 N–H and O–H groups in total. The van der Waals surface area contributed by atoms with Gasteiger partial charge in [-0.15, -0.1) is 0 Å². The molecule has 0 aliphatic carbocycles. The number of aryl methyl sites for hydroxylation is 1. The number of benzene rings is 1. The number of pyridine rings is 1. The van der Waals surface area contributed by atoms with Crippen LogP contribution in [-0.2, 0) is 6.54 Å². The second-order valence-corrected chi connectivity index (χ2v) is 5.15. The highest BCUT2D eigenvalue weighted by molar-refractivity contribution is 7.22. The van der Waals surface area contributed by atoms with Gasteiger partial charge in [0.1, 0.15) is 0 Å². The molecule has 4 heteroatoms. The van der Waals surface area contributed by atoms with Crippen molar-refractivity contribution in [2.45, 2.75) is 13.5 Å². The van der Waals surface area contributed by atoms with E-state index in [1.54, 1.807) is 17.5 Å². The van der Waals surface area contributed by atoms with Crippen LogP contribution in [0.4, 0.5) is 5.13 Å². The Balaban J connectivity index is 1.81. The zero-order valence-electron chi connectivity index (χ0n) is 10.1. The molecule has 3 rings (SSSR count). The summed E-state index contributed by atoms with van der Waals surface area (Å²) in [5, 5.41) is 4.27. The lowest BCUT2D eigenvalue weighted by Gasteiger charge is -2.00. The van der Waals surface area contributed by atoms with E-state index in [0.29, 0.717) is 6.54 Å². The van der Waals surface area contributed by atoms with E-state index < -0.39 is 0 Å². The molecule has 0 atom stereocenters. The Hall–Kier alpha value is -1.94. The summed E-state index contributed by atoms with van der Waals surface area (Å²) in [5.41, 5.74) is 3.33. The third-order valence-electron chi connectivity index (χ3n) is 2.77. The SMILES string of the molecule is Cc1cccc2sc(NCc3ccccn3)nc12. The molecule has 2 aromatic heterocycles. The predicted molar refractivity (Wildman–Crippen MR) is 75.9 cm³/mol. The van der Waals surface area contributed by atoms with Crippen molar-refractivity contribution in [3.63, 3.8) is 0 Å². The highest BCUT2D eigenvalue weighted by Crippen LogP contribution is 2.27. The molecule has 0 fully saturated rings. The van der Waals surface area contributed by atoms with Gasteiger partial charge in [-0.05, 0) is 30.7 Å². The van der Waals surface area contributed by atoms with Gasteiger partial charge >= 0.3 is 0 Å². The van der Waals surface area contributed by atoms with Gasteiger partial charge in [-0.3, -0.25) is 4.98 Å². The van der Waals surface area contributed by atoms with Crippen LogP contribution in [-0.4, -0.2) is 9.97 Å². The molecule has 1 aromatic carbocycles. The maximum Gasteiger partial charge on any atom is 0.184 e. The van der Waals surface area contributed by atoms with Gasteiger partial charge in [0, 0.05) is 6.20 Å². The fourth-order valence-electron chi connectivity index (χ4n) is 1.83. The van der Waals surface area contributed by atoms with E-state index >= 15 is 0 Å². The fraction of sp³-hybridized carbons (Fsp3) is 0.143. The van der Waals surface area contributed by atoms with Crippen LogP contribution in [0.3, 0.4) is 0 Å². The van der Waals surface area contributed by atoms with Gasteiger partial charge in [-0.1, -0.05) is 29.5 Å². The molecule has 0 radical (unpaired) electrons. The van der Waals surface area contributed by atoms with Crippen molar-refractivity contribution in [2.24, 2.45) is 0 Å². The summed E-state index contributed by atoms with van der Waals surface area (Å²) in [6.07, 6.45) is 1.81. The number of fused-ring (bicyclic) bond motifs is 1. The number of para-hydroxylation sites is 1. The number of nitrogens with zero attached hydrogens (tertiary/aromatic N) is 2. The quantitative estimate of drug-likeness (QED) is 0.777. The van der Waals surface area contributed by atoms with Crippen LogP contribution in [0.1, 0.15) is 11.3 Å². The van der Waals surface area contributed by atoms with E-state index in [1.807, 2.05) is 18.2 Å². The molecular formula is C14H13N3S. The van der Waals surface area contributed by atoms with Crippen molar-refractivity contribution < 1.29 is 0 Å². The van der Waals surface area contributed by atoms with Gasteiger partial charge in [-0.25, -0.2) is 4.98 Å². The first-order valence-corrected chi connectivity index (χ1v) is 6.64.